The van der Waals surface area contributed by atoms with E-state index in [-0.39, 0.29) is 11.4 Å². The fraction of sp³-hybridized carbons (Fsp3) is 0.167. The molecule has 0 radical (unpaired) electrons. The zero-order valence-corrected chi connectivity index (χ0v) is 17.7. The summed E-state index contributed by atoms with van der Waals surface area (Å²) in [6.45, 7) is 1.98. The molecule has 1 aliphatic rings. The van der Waals surface area contributed by atoms with Crippen LogP contribution in [-0.4, -0.2) is 22.7 Å². The van der Waals surface area contributed by atoms with E-state index < -0.39 is 21.9 Å². The highest BCUT2D eigenvalue weighted by molar-refractivity contribution is 7.89. The number of benzene rings is 3. The summed E-state index contributed by atoms with van der Waals surface area (Å²) in [5.74, 6) is -0.402. The van der Waals surface area contributed by atoms with E-state index in [0.717, 1.165) is 22.3 Å². The maximum Gasteiger partial charge on any atom is 0.244 e. The Labute approximate surface area is 180 Å². The van der Waals surface area contributed by atoms with Gasteiger partial charge in [0.2, 0.25) is 10.0 Å². The highest BCUT2D eigenvalue weighted by Gasteiger charge is 2.38. The molecule has 0 saturated heterocycles. The van der Waals surface area contributed by atoms with Crippen molar-refractivity contribution in [2.24, 2.45) is 0 Å². The van der Waals surface area contributed by atoms with Gasteiger partial charge in [-0.05, 0) is 48.9 Å². The maximum atomic E-state index is 14.0. The van der Waals surface area contributed by atoms with Gasteiger partial charge in [-0.15, -0.1) is 0 Å². The van der Waals surface area contributed by atoms with Crippen molar-refractivity contribution in [2.75, 3.05) is 0 Å². The third kappa shape index (κ3) is 3.60. The van der Waals surface area contributed by atoms with Crippen LogP contribution in [0.25, 0.3) is 11.0 Å². The van der Waals surface area contributed by atoms with Crippen LogP contribution in [0.2, 0.25) is 0 Å². The quantitative estimate of drug-likeness (QED) is 0.475. The van der Waals surface area contributed by atoms with Gasteiger partial charge in [0.05, 0.1) is 39.9 Å². The predicted octanol–water partition coefficient (Wildman–Crippen LogP) is 4.57. The minimum atomic E-state index is -3.84. The van der Waals surface area contributed by atoms with Gasteiger partial charge in [-0.2, -0.15) is 4.31 Å². The molecule has 1 aliphatic heterocycles. The second-order valence-corrected chi connectivity index (χ2v) is 9.63. The van der Waals surface area contributed by atoms with Gasteiger partial charge < -0.3 is 0 Å². The van der Waals surface area contributed by atoms with E-state index in [1.165, 1.54) is 16.4 Å². The molecule has 1 atom stereocenters. The first-order valence-electron chi connectivity index (χ1n) is 10.0. The smallest absolute Gasteiger partial charge is 0.244 e. The Morgan fingerprint density at radius 1 is 0.903 bits per heavy atom. The Hall–Kier alpha value is -3.16. The highest BCUT2D eigenvalue weighted by atomic mass is 32.2. The van der Waals surface area contributed by atoms with Gasteiger partial charge in [0, 0.05) is 6.42 Å². The molecule has 0 amide bonds. The SMILES string of the molecule is Cc1ccc(S(=O)(=O)N2Cc3nc4ccccc4nc3CC2c2cccc(F)c2)cc1. The number of fused-ring (bicyclic) bond motifs is 2. The average molecular weight is 434 g/mol. The van der Waals surface area contributed by atoms with Crippen molar-refractivity contribution in [1.29, 1.82) is 0 Å². The van der Waals surface area contributed by atoms with Crippen LogP contribution in [0.5, 0.6) is 0 Å². The number of para-hydroxylation sites is 2. The monoisotopic (exact) mass is 433 g/mol. The second kappa shape index (κ2) is 7.51. The molecule has 0 N–H and O–H groups in total. The maximum absolute atomic E-state index is 14.0. The van der Waals surface area contributed by atoms with Crippen LogP contribution >= 0.6 is 0 Å². The minimum Gasteiger partial charge on any atom is -0.249 e. The van der Waals surface area contributed by atoms with Gasteiger partial charge in [-0.3, -0.25) is 0 Å². The van der Waals surface area contributed by atoms with Crippen molar-refractivity contribution in [3.05, 3.63) is 101 Å². The van der Waals surface area contributed by atoms with Crippen molar-refractivity contribution in [3.8, 4) is 0 Å². The Morgan fingerprint density at radius 3 is 2.26 bits per heavy atom. The molecular formula is C24H20FN3O2S. The van der Waals surface area contributed by atoms with Crippen LogP contribution in [0.15, 0.2) is 77.7 Å². The molecule has 31 heavy (non-hydrogen) atoms. The zero-order chi connectivity index (χ0) is 21.6. The zero-order valence-electron chi connectivity index (χ0n) is 16.9. The molecule has 5 nitrogen and oxygen atoms in total. The van der Waals surface area contributed by atoms with Crippen LogP contribution in [-0.2, 0) is 23.0 Å². The van der Waals surface area contributed by atoms with Crippen molar-refractivity contribution in [1.82, 2.24) is 14.3 Å². The van der Waals surface area contributed by atoms with E-state index in [2.05, 4.69) is 0 Å². The van der Waals surface area contributed by atoms with Crippen molar-refractivity contribution < 1.29 is 12.8 Å². The number of hydrogen-bond acceptors (Lipinski definition) is 4. The summed E-state index contributed by atoms with van der Waals surface area (Å²) in [5, 5.41) is 0. The van der Waals surface area contributed by atoms with E-state index in [1.54, 1.807) is 36.4 Å². The molecule has 0 fully saturated rings. The second-order valence-electron chi connectivity index (χ2n) is 7.74. The third-order valence-corrected chi connectivity index (χ3v) is 7.50. The van der Waals surface area contributed by atoms with E-state index in [4.69, 9.17) is 9.97 Å². The van der Waals surface area contributed by atoms with E-state index in [9.17, 15) is 12.8 Å². The van der Waals surface area contributed by atoms with Gasteiger partial charge in [-0.1, -0.05) is 42.0 Å². The number of sulfonamides is 1. The normalized spacial score (nSPS) is 16.9. The Morgan fingerprint density at radius 2 is 1.58 bits per heavy atom. The molecule has 0 bridgehead atoms. The number of halogens is 1. The predicted molar refractivity (Wildman–Crippen MR) is 116 cm³/mol. The first kappa shape index (κ1) is 19.8. The van der Waals surface area contributed by atoms with Crippen molar-refractivity contribution >= 4 is 21.1 Å². The highest BCUT2D eigenvalue weighted by Crippen LogP contribution is 2.37. The molecule has 1 aromatic heterocycles. The van der Waals surface area contributed by atoms with Gasteiger partial charge in [0.1, 0.15) is 5.82 Å². The molecule has 156 valence electrons. The van der Waals surface area contributed by atoms with Gasteiger partial charge in [0.25, 0.3) is 0 Å². The summed E-state index contributed by atoms with van der Waals surface area (Å²) < 4.78 is 42.7. The number of nitrogens with zero attached hydrogens (tertiary/aromatic N) is 3. The fourth-order valence-electron chi connectivity index (χ4n) is 4.00. The molecule has 5 rings (SSSR count). The Balaban J connectivity index is 1.66. The van der Waals surface area contributed by atoms with E-state index in [1.807, 2.05) is 31.2 Å². The number of rotatable bonds is 3. The molecule has 0 spiro atoms. The topological polar surface area (TPSA) is 63.2 Å². The summed E-state index contributed by atoms with van der Waals surface area (Å²) in [6, 6.07) is 19.8. The number of hydrogen-bond donors (Lipinski definition) is 0. The lowest BCUT2D eigenvalue weighted by Crippen LogP contribution is -2.39. The lowest BCUT2D eigenvalue weighted by molar-refractivity contribution is 0.288. The first-order chi connectivity index (χ1) is 14.9. The summed E-state index contributed by atoms with van der Waals surface area (Å²) in [5.41, 5.74) is 4.41. The Bertz CT molecular complexity index is 1390. The van der Waals surface area contributed by atoms with Crippen LogP contribution in [0, 0.1) is 12.7 Å². The van der Waals surface area contributed by atoms with Crippen LogP contribution in [0.1, 0.15) is 28.6 Å². The van der Waals surface area contributed by atoms with Crippen LogP contribution in [0.4, 0.5) is 4.39 Å². The standard InChI is InChI=1S/C24H20FN3O2S/c1-16-9-11-19(12-10-16)31(29,30)28-15-23-22(26-20-7-2-3-8-21(20)27-23)14-24(28)17-5-4-6-18(25)13-17/h2-13,24H,14-15H2,1H3. The van der Waals surface area contributed by atoms with E-state index >= 15 is 0 Å². The molecule has 3 aromatic carbocycles. The molecule has 0 aliphatic carbocycles. The molecule has 0 saturated carbocycles. The summed E-state index contributed by atoms with van der Waals surface area (Å²) >= 11 is 0. The first-order valence-corrected chi connectivity index (χ1v) is 11.4. The van der Waals surface area contributed by atoms with Crippen molar-refractivity contribution in [2.45, 2.75) is 30.8 Å². The summed E-state index contributed by atoms with van der Waals surface area (Å²) in [7, 11) is -3.84. The molecule has 1 unspecified atom stereocenters. The van der Waals surface area contributed by atoms with Gasteiger partial charge in [0.15, 0.2) is 0 Å². The number of aryl methyl sites for hydroxylation is 1. The van der Waals surface area contributed by atoms with Crippen LogP contribution < -0.4 is 0 Å². The fourth-order valence-corrected chi connectivity index (χ4v) is 5.58. The van der Waals surface area contributed by atoms with Gasteiger partial charge in [-0.25, -0.2) is 22.8 Å². The lowest BCUT2D eigenvalue weighted by Gasteiger charge is -2.35. The molecular weight excluding hydrogens is 413 g/mol. The lowest BCUT2D eigenvalue weighted by atomic mass is 9.97. The van der Waals surface area contributed by atoms with Crippen molar-refractivity contribution in [3.63, 3.8) is 0 Å². The largest absolute Gasteiger partial charge is 0.249 e. The Kier molecular flexibility index (Phi) is 4.79. The van der Waals surface area contributed by atoms with Crippen LogP contribution in [0.3, 0.4) is 0 Å². The number of aromatic nitrogens is 2. The average Bonchev–Trinajstić information content (AvgIpc) is 2.77. The molecule has 4 aromatic rings. The van der Waals surface area contributed by atoms with Gasteiger partial charge >= 0.3 is 0 Å². The summed E-state index contributed by atoms with van der Waals surface area (Å²) in [4.78, 5) is 9.63. The van der Waals surface area contributed by atoms with E-state index in [0.29, 0.717) is 17.7 Å². The third-order valence-electron chi connectivity index (χ3n) is 5.63. The summed E-state index contributed by atoms with van der Waals surface area (Å²) in [6.07, 6.45) is 0.321. The molecule has 2 heterocycles. The molecule has 7 heteroatoms. The minimum absolute atomic E-state index is 0.0740.